The molecule has 0 unspecified atom stereocenters. The van der Waals surface area contributed by atoms with Crippen molar-refractivity contribution in [3.8, 4) is 5.69 Å². The van der Waals surface area contributed by atoms with Crippen LogP contribution in [0.1, 0.15) is 61.2 Å². The van der Waals surface area contributed by atoms with Crippen molar-refractivity contribution in [3.63, 3.8) is 0 Å². The van der Waals surface area contributed by atoms with Gasteiger partial charge in [-0.1, -0.05) is 45.0 Å². The number of rotatable bonds is 6. The molecular formula is C30H35FN4O3S. The van der Waals surface area contributed by atoms with Crippen molar-refractivity contribution >= 4 is 29.4 Å². The molecule has 2 aromatic carbocycles. The van der Waals surface area contributed by atoms with E-state index in [1.54, 1.807) is 15.6 Å². The number of carbonyl (C=O) groups excluding carboxylic acids is 2. The van der Waals surface area contributed by atoms with Gasteiger partial charge in [0, 0.05) is 24.1 Å². The van der Waals surface area contributed by atoms with Crippen LogP contribution in [-0.4, -0.2) is 53.1 Å². The Morgan fingerprint density at radius 1 is 1.21 bits per heavy atom. The molecule has 0 radical (unpaired) electrons. The van der Waals surface area contributed by atoms with Gasteiger partial charge in [-0.3, -0.25) is 14.5 Å². The number of carbonyl (C=O) groups is 2. The Kier molecular flexibility index (Phi) is 7.82. The summed E-state index contributed by atoms with van der Waals surface area (Å²) in [4.78, 5) is 28.5. The van der Waals surface area contributed by atoms with Crippen molar-refractivity contribution < 1.29 is 18.7 Å². The quantitative estimate of drug-likeness (QED) is 0.463. The van der Waals surface area contributed by atoms with E-state index < -0.39 is 0 Å². The summed E-state index contributed by atoms with van der Waals surface area (Å²) in [6.07, 6.45) is 1.90. The molecule has 3 aromatic rings. The Labute approximate surface area is 233 Å². The Morgan fingerprint density at radius 2 is 2.00 bits per heavy atom. The minimum Gasteiger partial charge on any atom is -0.376 e. The number of halogens is 1. The van der Waals surface area contributed by atoms with E-state index in [0.717, 1.165) is 40.9 Å². The topological polar surface area (TPSA) is 76.5 Å². The fourth-order valence-electron chi connectivity index (χ4n) is 5.18. The molecule has 1 fully saturated rings. The molecule has 1 N–H and O–H groups in total. The van der Waals surface area contributed by atoms with Crippen LogP contribution in [0, 0.1) is 12.7 Å². The van der Waals surface area contributed by atoms with Crippen LogP contribution in [0.2, 0.25) is 0 Å². The standard InChI is InChI=1S/C30H35FN4O3S/c1-19-8-5-11-22(14-19)35-29-26(28(33-35)30(2,3)4)27(20-9-6-10-21(31)15-20)39-18-25(37)34(29)17-24(36)32-16-23-12-7-13-38-23/h5-6,8-11,14-15,23,27H,7,12-13,16-18H2,1-4H3,(H,32,36)/t23-,27-/m0/s1. The monoisotopic (exact) mass is 550 g/mol. The first-order chi connectivity index (χ1) is 18.6. The molecule has 1 aromatic heterocycles. The molecule has 1 saturated heterocycles. The lowest BCUT2D eigenvalue weighted by Crippen LogP contribution is -2.44. The van der Waals surface area contributed by atoms with Crippen molar-refractivity contribution in [2.75, 3.05) is 30.3 Å². The smallest absolute Gasteiger partial charge is 0.240 e. The van der Waals surface area contributed by atoms with Crippen LogP contribution in [0.15, 0.2) is 48.5 Å². The predicted molar refractivity (Wildman–Crippen MR) is 152 cm³/mol. The average Bonchev–Trinajstić information content (AvgIpc) is 3.52. The van der Waals surface area contributed by atoms with Gasteiger partial charge in [0.05, 0.1) is 28.5 Å². The van der Waals surface area contributed by atoms with Crippen LogP contribution < -0.4 is 10.2 Å². The number of hydrogen-bond donors (Lipinski definition) is 1. The minimum atomic E-state index is -0.383. The van der Waals surface area contributed by atoms with E-state index in [9.17, 15) is 14.0 Å². The summed E-state index contributed by atoms with van der Waals surface area (Å²) in [5, 5.41) is 7.69. The molecule has 3 heterocycles. The summed E-state index contributed by atoms with van der Waals surface area (Å²) in [5.41, 5.74) is 3.85. The largest absolute Gasteiger partial charge is 0.376 e. The fraction of sp³-hybridized carbons (Fsp3) is 0.433. The van der Waals surface area contributed by atoms with Gasteiger partial charge in [0.1, 0.15) is 18.2 Å². The lowest BCUT2D eigenvalue weighted by Gasteiger charge is -2.25. The first-order valence-electron chi connectivity index (χ1n) is 13.4. The molecule has 0 bridgehead atoms. The van der Waals surface area contributed by atoms with Crippen LogP contribution in [0.25, 0.3) is 5.69 Å². The maximum absolute atomic E-state index is 14.4. The summed E-state index contributed by atoms with van der Waals surface area (Å²) in [6, 6.07) is 14.4. The normalized spacial score (nSPS) is 19.6. The van der Waals surface area contributed by atoms with Crippen LogP contribution in [0.3, 0.4) is 0 Å². The van der Waals surface area contributed by atoms with Gasteiger partial charge in [0.15, 0.2) is 0 Å². The highest BCUT2D eigenvalue weighted by atomic mass is 32.2. The number of fused-ring (bicyclic) bond motifs is 1. The molecule has 39 heavy (non-hydrogen) atoms. The van der Waals surface area contributed by atoms with Crippen molar-refractivity contribution in [1.29, 1.82) is 0 Å². The molecular weight excluding hydrogens is 515 g/mol. The maximum Gasteiger partial charge on any atom is 0.240 e. The first kappa shape index (κ1) is 27.4. The van der Waals surface area contributed by atoms with Crippen LogP contribution in [0.4, 0.5) is 10.2 Å². The van der Waals surface area contributed by atoms with Gasteiger partial charge < -0.3 is 10.1 Å². The van der Waals surface area contributed by atoms with E-state index in [2.05, 4.69) is 26.1 Å². The van der Waals surface area contributed by atoms with Gasteiger partial charge in [-0.15, -0.1) is 11.8 Å². The van der Waals surface area contributed by atoms with E-state index in [0.29, 0.717) is 19.0 Å². The third-order valence-corrected chi connectivity index (χ3v) is 8.30. The van der Waals surface area contributed by atoms with E-state index in [-0.39, 0.29) is 46.7 Å². The number of amides is 2. The number of aryl methyl sites for hydroxylation is 1. The minimum absolute atomic E-state index is 0.00238. The van der Waals surface area contributed by atoms with Gasteiger partial charge in [-0.05, 0) is 55.2 Å². The summed E-state index contributed by atoms with van der Waals surface area (Å²) in [6.45, 7) is 9.22. The molecule has 2 aliphatic rings. The van der Waals surface area contributed by atoms with Gasteiger partial charge in [0.2, 0.25) is 11.8 Å². The summed E-state index contributed by atoms with van der Waals surface area (Å²) >= 11 is 1.44. The van der Waals surface area contributed by atoms with E-state index >= 15 is 0 Å². The number of anilines is 1. The highest BCUT2D eigenvalue weighted by molar-refractivity contribution is 8.00. The number of aromatic nitrogens is 2. The third-order valence-electron chi connectivity index (χ3n) is 7.05. The van der Waals surface area contributed by atoms with Crippen LogP contribution in [-0.2, 0) is 19.7 Å². The predicted octanol–water partition coefficient (Wildman–Crippen LogP) is 5.08. The van der Waals surface area contributed by atoms with Gasteiger partial charge in [0.25, 0.3) is 0 Å². The maximum atomic E-state index is 14.4. The number of nitrogens with one attached hydrogen (secondary N) is 1. The molecule has 0 aliphatic carbocycles. The van der Waals surface area contributed by atoms with Gasteiger partial charge in [-0.25, -0.2) is 9.07 Å². The Balaban J connectivity index is 1.65. The number of nitrogens with zero attached hydrogens (tertiary/aromatic N) is 3. The summed E-state index contributed by atoms with van der Waals surface area (Å²) in [5.74, 6) is -0.0808. The number of ether oxygens (including phenoxy) is 1. The number of hydrogen-bond acceptors (Lipinski definition) is 5. The van der Waals surface area contributed by atoms with E-state index in [1.165, 1.54) is 23.9 Å². The lowest BCUT2D eigenvalue weighted by atomic mass is 9.87. The summed E-state index contributed by atoms with van der Waals surface area (Å²) in [7, 11) is 0. The zero-order valence-corrected chi connectivity index (χ0v) is 23.7. The Hall–Kier alpha value is -3.17. The lowest BCUT2D eigenvalue weighted by molar-refractivity contribution is -0.123. The second kappa shape index (κ2) is 11.1. The second-order valence-electron chi connectivity index (χ2n) is 11.3. The molecule has 2 aliphatic heterocycles. The van der Waals surface area contributed by atoms with Gasteiger partial charge >= 0.3 is 0 Å². The molecule has 9 heteroatoms. The highest BCUT2D eigenvalue weighted by Crippen LogP contribution is 2.48. The molecule has 2 atom stereocenters. The summed E-state index contributed by atoms with van der Waals surface area (Å²) < 4.78 is 21.8. The van der Waals surface area contributed by atoms with Crippen molar-refractivity contribution in [1.82, 2.24) is 15.1 Å². The highest BCUT2D eigenvalue weighted by Gasteiger charge is 2.40. The zero-order valence-electron chi connectivity index (χ0n) is 22.9. The second-order valence-corrected chi connectivity index (χ2v) is 12.3. The SMILES string of the molecule is Cc1cccc(-n2nc(C(C)(C)C)c3c2N(CC(=O)NC[C@@H]2CCCO2)C(=O)CS[C@H]3c2cccc(F)c2)c1. The first-order valence-corrected chi connectivity index (χ1v) is 14.4. The molecule has 0 spiro atoms. The number of thioether (sulfide) groups is 1. The van der Waals surface area contributed by atoms with Crippen LogP contribution in [0.5, 0.6) is 0 Å². The van der Waals surface area contributed by atoms with E-state index in [4.69, 9.17) is 9.84 Å². The number of benzene rings is 2. The molecule has 7 nitrogen and oxygen atoms in total. The zero-order chi connectivity index (χ0) is 27.7. The van der Waals surface area contributed by atoms with Crippen LogP contribution >= 0.6 is 11.8 Å². The molecule has 2 amide bonds. The molecule has 206 valence electrons. The van der Waals surface area contributed by atoms with Crippen molar-refractivity contribution in [2.24, 2.45) is 0 Å². The Morgan fingerprint density at radius 3 is 2.69 bits per heavy atom. The molecule has 5 rings (SSSR count). The van der Waals surface area contributed by atoms with Crippen molar-refractivity contribution in [3.05, 3.63) is 76.7 Å². The fourth-order valence-corrected chi connectivity index (χ4v) is 6.37. The third kappa shape index (κ3) is 5.89. The molecule has 0 saturated carbocycles. The van der Waals surface area contributed by atoms with E-state index in [1.807, 2.05) is 37.3 Å². The Bertz CT molecular complexity index is 1380. The van der Waals surface area contributed by atoms with Crippen molar-refractivity contribution in [2.45, 2.75) is 57.3 Å². The average molecular weight is 551 g/mol. The van der Waals surface area contributed by atoms with Gasteiger partial charge in [-0.2, -0.15) is 5.10 Å².